The van der Waals surface area contributed by atoms with Crippen LogP contribution in [0, 0.1) is 5.41 Å². The molecule has 0 spiro atoms. The van der Waals surface area contributed by atoms with E-state index in [1.165, 1.54) is 0 Å². The summed E-state index contributed by atoms with van der Waals surface area (Å²) in [4.78, 5) is 13.8. The number of hydrogen-bond donors (Lipinski definition) is 2. The van der Waals surface area contributed by atoms with E-state index in [1.54, 1.807) is 0 Å². The van der Waals surface area contributed by atoms with Crippen molar-refractivity contribution in [3.8, 4) is 0 Å². The molecule has 0 amide bonds. The molecule has 1 saturated heterocycles. The molecular weight excluding hydrogens is 218 g/mol. The molecule has 0 radical (unpaired) electrons. The molecule has 4 heteroatoms. The molecule has 0 aromatic rings. The van der Waals surface area contributed by atoms with E-state index in [9.17, 15) is 15.0 Å². The van der Waals surface area contributed by atoms with Crippen LogP contribution in [-0.2, 0) is 4.79 Å². The second kappa shape index (κ2) is 5.36. The smallest absolute Gasteiger partial charge is 0.312 e. The summed E-state index contributed by atoms with van der Waals surface area (Å²) in [6, 6.07) is 0. The SMILES string of the molecule is CCC(CC)(C(=O)O)C1(O)CCCN(C)CC1. The van der Waals surface area contributed by atoms with Crippen molar-refractivity contribution in [3.63, 3.8) is 0 Å². The van der Waals surface area contributed by atoms with Crippen LogP contribution in [0.15, 0.2) is 0 Å². The van der Waals surface area contributed by atoms with Crippen LogP contribution >= 0.6 is 0 Å². The summed E-state index contributed by atoms with van der Waals surface area (Å²) in [5.74, 6) is -0.852. The summed E-state index contributed by atoms with van der Waals surface area (Å²) in [6.45, 7) is 5.44. The Morgan fingerprint density at radius 3 is 2.35 bits per heavy atom. The van der Waals surface area contributed by atoms with E-state index in [0.29, 0.717) is 25.7 Å². The van der Waals surface area contributed by atoms with Gasteiger partial charge in [0, 0.05) is 6.54 Å². The average molecular weight is 243 g/mol. The summed E-state index contributed by atoms with van der Waals surface area (Å²) in [6.07, 6.45) is 2.98. The van der Waals surface area contributed by atoms with Crippen LogP contribution in [0.2, 0.25) is 0 Å². The minimum absolute atomic E-state index is 0.485. The highest BCUT2D eigenvalue weighted by atomic mass is 16.4. The number of hydrogen-bond acceptors (Lipinski definition) is 3. The molecule has 0 saturated carbocycles. The van der Waals surface area contributed by atoms with Gasteiger partial charge in [0.15, 0.2) is 0 Å². The standard InChI is InChI=1S/C13H25NO3/c1-4-12(5-2,11(15)16)13(17)7-6-9-14(3)10-8-13/h17H,4-10H2,1-3H3,(H,15,16). The van der Waals surface area contributed by atoms with E-state index in [-0.39, 0.29) is 0 Å². The fourth-order valence-electron chi connectivity index (χ4n) is 3.14. The van der Waals surface area contributed by atoms with Gasteiger partial charge in [0.25, 0.3) is 0 Å². The van der Waals surface area contributed by atoms with Crippen molar-refractivity contribution >= 4 is 5.97 Å². The predicted octanol–water partition coefficient (Wildman–Crippen LogP) is 1.72. The Hall–Kier alpha value is -0.610. The first kappa shape index (κ1) is 14.5. The molecule has 1 rings (SSSR count). The highest BCUT2D eigenvalue weighted by Gasteiger charge is 2.53. The van der Waals surface area contributed by atoms with Gasteiger partial charge in [-0.25, -0.2) is 0 Å². The molecular formula is C13H25NO3. The van der Waals surface area contributed by atoms with Crippen molar-refractivity contribution in [2.75, 3.05) is 20.1 Å². The van der Waals surface area contributed by atoms with Crippen molar-refractivity contribution in [1.82, 2.24) is 4.90 Å². The summed E-state index contributed by atoms with van der Waals surface area (Å²) in [5.41, 5.74) is -2.05. The lowest BCUT2D eigenvalue weighted by Crippen LogP contribution is -2.53. The first-order valence-corrected chi connectivity index (χ1v) is 6.56. The topological polar surface area (TPSA) is 60.8 Å². The van der Waals surface area contributed by atoms with Gasteiger partial charge in [-0.3, -0.25) is 4.79 Å². The van der Waals surface area contributed by atoms with E-state index in [4.69, 9.17) is 0 Å². The third kappa shape index (κ3) is 2.47. The maximum Gasteiger partial charge on any atom is 0.312 e. The summed E-state index contributed by atoms with van der Waals surface area (Å²) in [5, 5.41) is 20.4. The summed E-state index contributed by atoms with van der Waals surface area (Å²) >= 11 is 0. The molecule has 2 N–H and O–H groups in total. The van der Waals surface area contributed by atoms with Crippen molar-refractivity contribution in [3.05, 3.63) is 0 Å². The largest absolute Gasteiger partial charge is 0.481 e. The molecule has 0 bridgehead atoms. The van der Waals surface area contributed by atoms with Crippen molar-refractivity contribution < 1.29 is 15.0 Å². The molecule has 0 aliphatic carbocycles. The molecule has 1 fully saturated rings. The number of carboxylic acid groups (broad SMARTS) is 1. The van der Waals surface area contributed by atoms with Crippen LogP contribution in [0.1, 0.15) is 46.0 Å². The van der Waals surface area contributed by atoms with Crippen molar-refractivity contribution in [1.29, 1.82) is 0 Å². The molecule has 4 nitrogen and oxygen atoms in total. The molecule has 1 aliphatic heterocycles. The molecule has 1 unspecified atom stereocenters. The Kier molecular flexibility index (Phi) is 4.55. The zero-order valence-electron chi connectivity index (χ0n) is 11.2. The quantitative estimate of drug-likeness (QED) is 0.789. The number of aliphatic carboxylic acids is 1. The van der Waals surface area contributed by atoms with Crippen molar-refractivity contribution in [2.45, 2.75) is 51.6 Å². The van der Waals surface area contributed by atoms with Crippen LogP contribution in [-0.4, -0.2) is 46.8 Å². The first-order chi connectivity index (χ1) is 7.92. The Morgan fingerprint density at radius 1 is 1.29 bits per heavy atom. The van der Waals surface area contributed by atoms with Crippen LogP contribution in [0.3, 0.4) is 0 Å². The van der Waals surface area contributed by atoms with E-state index in [1.807, 2.05) is 20.9 Å². The minimum atomic E-state index is -1.06. The Morgan fingerprint density at radius 2 is 1.88 bits per heavy atom. The first-order valence-electron chi connectivity index (χ1n) is 6.56. The van der Waals surface area contributed by atoms with Gasteiger partial charge in [0.2, 0.25) is 0 Å². The molecule has 0 aromatic heterocycles. The van der Waals surface area contributed by atoms with E-state index >= 15 is 0 Å². The molecule has 17 heavy (non-hydrogen) atoms. The number of rotatable bonds is 4. The number of aliphatic hydroxyl groups is 1. The van der Waals surface area contributed by atoms with Crippen LogP contribution in [0.25, 0.3) is 0 Å². The number of nitrogens with zero attached hydrogens (tertiary/aromatic N) is 1. The summed E-state index contributed by atoms with van der Waals surface area (Å²) in [7, 11) is 2.02. The lowest BCUT2D eigenvalue weighted by atomic mass is 9.65. The maximum absolute atomic E-state index is 11.6. The molecule has 1 aliphatic rings. The lowest BCUT2D eigenvalue weighted by Gasteiger charge is -2.43. The predicted molar refractivity (Wildman–Crippen MR) is 66.9 cm³/mol. The highest BCUT2D eigenvalue weighted by Crippen LogP contribution is 2.44. The Balaban J connectivity index is 3.02. The van der Waals surface area contributed by atoms with Gasteiger partial charge >= 0.3 is 5.97 Å². The lowest BCUT2D eigenvalue weighted by molar-refractivity contribution is -0.173. The average Bonchev–Trinajstić information content (AvgIpc) is 2.44. The van der Waals surface area contributed by atoms with Crippen LogP contribution < -0.4 is 0 Å². The van der Waals surface area contributed by atoms with Crippen LogP contribution in [0.5, 0.6) is 0 Å². The number of carbonyl (C=O) groups is 1. The Bertz CT molecular complexity index is 276. The monoisotopic (exact) mass is 243 g/mol. The zero-order chi connectivity index (χ0) is 13.1. The molecule has 0 aromatic carbocycles. The van der Waals surface area contributed by atoms with Gasteiger partial charge in [0.05, 0.1) is 11.0 Å². The normalized spacial score (nSPS) is 27.8. The second-order valence-corrected chi connectivity index (χ2v) is 5.28. The van der Waals surface area contributed by atoms with Gasteiger partial charge < -0.3 is 15.1 Å². The van der Waals surface area contributed by atoms with Gasteiger partial charge in [-0.05, 0) is 45.7 Å². The highest BCUT2D eigenvalue weighted by molar-refractivity contribution is 5.76. The van der Waals surface area contributed by atoms with E-state index in [2.05, 4.69) is 4.90 Å². The third-order valence-electron chi connectivity index (χ3n) is 4.54. The minimum Gasteiger partial charge on any atom is -0.481 e. The number of likely N-dealkylation sites (tertiary alicyclic amines) is 1. The zero-order valence-corrected chi connectivity index (χ0v) is 11.2. The van der Waals surface area contributed by atoms with Gasteiger partial charge in [0.1, 0.15) is 0 Å². The second-order valence-electron chi connectivity index (χ2n) is 5.28. The van der Waals surface area contributed by atoms with Crippen LogP contribution in [0.4, 0.5) is 0 Å². The van der Waals surface area contributed by atoms with E-state index < -0.39 is 17.0 Å². The summed E-state index contributed by atoms with van der Waals surface area (Å²) < 4.78 is 0. The Labute approximate surface area is 104 Å². The van der Waals surface area contributed by atoms with E-state index in [0.717, 1.165) is 19.5 Å². The van der Waals surface area contributed by atoms with Crippen molar-refractivity contribution in [2.24, 2.45) is 5.41 Å². The fourth-order valence-corrected chi connectivity index (χ4v) is 3.14. The fraction of sp³-hybridized carbons (Fsp3) is 0.923. The van der Waals surface area contributed by atoms with Gasteiger partial charge in [-0.2, -0.15) is 0 Å². The number of carboxylic acids is 1. The molecule has 100 valence electrons. The van der Waals surface area contributed by atoms with Gasteiger partial charge in [-0.15, -0.1) is 0 Å². The molecule has 1 heterocycles. The third-order valence-corrected chi connectivity index (χ3v) is 4.54. The molecule has 1 atom stereocenters. The van der Waals surface area contributed by atoms with Gasteiger partial charge in [-0.1, -0.05) is 13.8 Å². The maximum atomic E-state index is 11.6.